The van der Waals surface area contributed by atoms with E-state index >= 15 is 0 Å². The first-order valence-corrected chi connectivity index (χ1v) is 12.1. The Morgan fingerprint density at radius 3 is 2.81 bits per heavy atom. The molecule has 0 spiro atoms. The number of hydrogen-bond acceptors (Lipinski definition) is 11. The number of nitrogens with zero attached hydrogens (tertiary/aromatic N) is 5. The van der Waals surface area contributed by atoms with Crippen molar-refractivity contribution >= 4 is 64.1 Å². The largest absolute Gasteiger partial charge is 0.477 e. The fourth-order valence-corrected chi connectivity index (χ4v) is 5.73. The number of carboxylic acid groups (broad SMARTS) is 1. The van der Waals surface area contributed by atoms with E-state index in [2.05, 4.69) is 15.5 Å². The van der Waals surface area contributed by atoms with Crippen LogP contribution in [0.1, 0.15) is 5.69 Å². The quantitative estimate of drug-likeness (QED) is 0.145. The lowest BCUT2D eigenvalue weighted by molar-refractivity contribution is -0.150. The summed E-state index contributed by atoms with van der Waals surface area (Å²) in [5.41, 5.74) is 6.14. The van der Waals surface area contributed by atoms with Crippen molar-refractivity contribution in [2.24, 2.45) is 5.16 Å². The maximum atomic E-state index is 13.0. The minimum absolute atomic E-state index is 0. The van der Waals surface area contributed by atoms with Crippen molar-refractivity contribution in [3.05, 3.63) is 40.1 Å². The second-order valence-electron chi connectivity index (χ2n) is 7.46. The number of anilines is 1. The molecule has 4 heterocycles. The number of amides is 2. The van der Waals surface area contributed by atoms with Crippen LogP contribution in [0.4, 0.5) is 5.13 Å². The van der Waals surface area contributed by atoms with E-state index in [9.17, 15) is 24.6 Å². The predicted molar refractivity (Wildman–Crippen MR) is 132 cm³/mol. The lowest BCUT2D eigenvalue weighted by Gasteiger charge is -2.49. The maximum Gasteiger partial charge on any atom is 0.352 e. The number of halogens is 1. The Bertz CT molecular complexity index is 1300. The number of rotatable bonds is 9. The molecule has 0 aromatic carbocycles. The molecule has 0 radical (unpaired) electrons. The number of hydrogen-bond donors (Lipinski definition) is 5. The number of β-lactam (4-membered cyclic amide) rings is 1. The summed E-state index contributed by atoms with van der Waals surface area (Å²) in [7, 11) is 1.26. The molecule has 1 saturated heterocycles. The van der Waals surface area contributed by atoms with E-state index in [1.807, 2.05) is 0 Å². The SMILES string of the molecule is CON=C(C(=O)N[C@@H]1C(=O)N2C(C(=O)O)=C(Cn3ccc(=N)n3CCO)CS[C@H]12)c1csc(N)n1.Cl. The van der Waals surface area contributed by atoms with Gasteiger partial charge in [-0.15, -0.1) is 35.5 Å². The van der Waals surface area contributed by atoms with Gasteiger partial charge in [0, 0.05) is 17.3 Å². The molecule has 2 amide bonds. The highest BCUT2D eigenvalue weighted by Crippen LogP contribution is 2.40. The molecule has 36 heavy (non-hydrogen) atoms. The molecule has 6 N–H and O–H groups in total. The second kappa shape index (κ2) is 11.2. The molecule has 1 fully saturated rings. The molecule has 194 valence electrons. The Labute approximate surface area is 218 Å². The summed E-state index contributed by atoms with van der Waals surface area (Å²) in [5.74, 6) is -2.26. The summed E-state index contributed by atoms with van der Waals surface area (Å²) in [6, 6.07) is 0.567. The van der Waals surface area contributed by atoms with E-state index < -0.39 is 29.2 Å². The fraction of sp³-hybridized carbons (Fsp3) is 0.368. The average molecular weight is 559 g/mol. The number of carbonyl (C=O) groups excluding carboxylic acids is 2. The van der Waals surface area contributed by atoms with Crippen LogP contribution in [0.15, 0.2) is 34.1 Å². The topological polar surface area (TPSA) is 201 Å². The van der Waals surface area contributed by atoms with E-state index in [0.717, 1.165) is 16.2 Å². The first-order chi connectivity index (χ1) is 16.8. The van der Waals surface area contributed by atoms with Gasteiger partial charge < -0.3 is 26.1 Å². The Morgan fingerprint density at radius 1 is 1.44 bits per heavy atom. The van der Waals surface area contributed by atoms with E-state index in [1.54, 1.807) is 10.9 Å². The normalized spacial score (nSPS) is 19.3. The van der Waals surface area contributed by atoms with Crippen LogP contribution in [0, 0.1) is 5.41 Å². The minimum atomic E-state index is -1.27. The van der Waals surface area contributed by atoms with Gasteiger partial charge in [0.05, 0.1) is 19.7 Å². The van der Waals surface area contributed by atoms with Crippen LogP contribution in [0.3, 0.4) is 0 Å². The van der Waals surface area contributed by atoms with Gasteiger partial charge in [0.2, 0.25) is 0 Å². The summed E-state index contributed by atoms with van der Waals surface area (Å²) in [4.78, 5) is 47.8. The summed E-state index contributed by atoms with van der Waals surface area (Å²) in [6.45, 7) is 0.108. The summed E-state index contributed by atoms with van der Waals surface area (Å²) >= 11 is 2.43. The molecular weight excluding hydrogens is 536 g/mol. The van der Waals surface area contributed by atoms with Crippen molar-refractivity contribution in [1.29, 1.82) is 5.41 Å². The van der Waals surface area contributed by atoms with Crippen molar-refractivity contribution in [3.8, 4) is 0 Å². The first kappa shape index (κ1) is 27.3. The molecule has 0 bridgehead atoms. The molecule has 2 aromatic heterocycles. The lowest BCUT2D eigenvalue weighted by Crippen LogP contribution is -2.71. The van der Waals surface area contributed by atoms with Gasteiger partial charge in [0.1, 0.15) is 35.4 Å². The summed E-state index contributed by atoms with van der Waals surface area (Å²) in [5, 5.41) is 34.5. The van der Waals surface area contributed by atoms with Crippen LogP contribution < -0.4 is 16.5 Å². The summed E-state index contributed by atoms with van der Waals surface area (Å²) < 4.78 is 3.13. The van der Waals surface area contributed by atoms with Gasteiger partial charge in [-0.2, -0.15) is 0 Å². The zero-order chi connectivity index (χ0) is 25.3. The van der Waals surface area contributed by atoms with Crippen LogP contribution in [-0.2, 0) is 32.3 Å². The third-order valence-corrected chi connectivity index (χ3v) is 7.37. The van der Waals surface area contributed by atoms with Crippen LogP contribution in [0.25, 0.3) is 0 Å². The molecular formula is C19H23ClN8O6S2. The number of nitrogen functional groups attached to an aromatic ring is 1. The third-order valence-electron chi connectivity index (χ3n) is 5.36. The van der Waals surface area contributed by atoms with Crippen molar-refractivity contribution < 1.29 is 29.4 Å². The van der Waals surface area contributed by atoms with Crippen LogP contribution >= 0.6 is 35.5 Å². The number of nitrogens with two attached hydrogens (primary N) is 1. The van der Waals surface area contributed by atoms with Gasteiger partial charge in [-0.05, 0) is 11.6 Å². The molecule has 0 unspecified atom stereocenters. The number of thioether (sulfide) groups is 1. The van der Waals surface area contributed by atoms with E-state index in [-0.39, 0.29) is 65.6 Å². The molecule has 2 aromatic rings. The molecule has 4 rings (SSSR count). The number of aromatic nitrogens is 3. The van der Waals surface area contributed by atoms with Crippen molar-refractivity contribution in [1.82, 2.24) is 24.6 Å². The average Bonchev–Trinajstić information content (AvgIpc) is 3.41. The number of aliphatic carboxylic acids is 1. The van der Waals surface area contributed by atoms with Gasteiger partial charge in [-0.1, -0.05) is 5.16 Å². The number of carbonyl (C=O) groups is 3. The standard InChI is InChI=1S/C19H22N8O6S2.ClH/c1-33-24-12(10-8-35-19(21)22-10)15(29)23-13-16(30)27-14(18(31)32)9(7-34-17(13)27)6-25-3-2-11(20)26(25)4-5-28;/h2-3,8,13,17,20,28H,4-7H2,1H3,(H2,21,22)(H,23,29)(H,31,32);1H/t13-,17-;/m1./s1. The number of oxime groups is 1. The fourth-order valence-electron chi connectivity index (χ4n) is 3.85. The van der Waals surface area contributed by atoms with Crippen molar-refractivity contribution in [3.63, 3.8) is 0 Å². The van der Waals surface area contributed by atoms with E-state index in [1.165, 1.54) is 35.0 Å². The highest BCUT2D eigenvalue weighted by atomic mass is 35.5. The highest BCUT2D eigenvalue weighted by Gasteiger charge is 2.54. The van der Waals surface area contributed by atoms with Gasteiger partial charge in [0.15, 0.2) is 10.8 Å². The molecule has 2 aliphatic heterocycles. The lowest BCUT2D eigenvalue weighted by atomic mass is 10.0. The molecule has 2 aliphatic rings. The summed E-state index contributed by atoms with van der Waals surface area (Å²) in [6.07, 6.45) is 1.62. The number of fused-ring (bicyclic) bond motifs is 1. The first-order valence-electron chi connectivity index (χ1n) is 10.2. The zero-order valence-corrected chi connectivity index (χ0v) is 21.2. The molecule has 2 atom stereocenters. The number of thiazole rings is 1. The van der Waals surface area contributed by atoms with Crippen molar-refractivity contribution in [2.45, 2.75) is 24.5 Å². The predicted octanol–water partition coefficient (Wildman–Crippen LogP) is -0.989. The van der Waals surface area contributed by atoms with Crippen LogP contribution in [-0.4, -0.2) is 83.8 Å². The van der Waals surface area contributed by atoms with Gasteiger partial charge in [-0.3, -0.25) is 29.3 Å². The minimum Gasteiger partial charge on any atom is -0.477 e. The van der Waals surface area contributed by atoms with Gasteiger partial charge >= 0.3 is 5.97 Å². The molecule has 0 saturated carbocycles. The Morgan fingerprint density at radius 2 is 2.19 bits per heavy atom. The van der Waals surface area contributed by atoms with Gasteiger partial charge in [-0.25, -0.2) is 9.78 Å². The van der Waals surface area contributed by atoms with Crippen LogP contribution in [0.2, 0.25) is 0 Å². The maximum absolute atomic E-state index is 13.0. The van der Waals surface area contributed by atoms with E-state index in [4.69, 9.17) is 16.0 Å². The molecule has 0 aliphatic carbocycles. The monoisotopic (exact) mass is 558 g/mol. The smallest absolute Gasteiger partial charge is 0.352 e. The van der Waals surface area contributed by atoms with Crippen LogP contribution in [0.5, 0.6) is 0 Å². The number of carboxylic acids is 1. The number of aliphatic hydroxyl groups is 1. The highest BCUT2D eigenvalue weighted by molar-refractivity contribution is 8.00. The third kappa shape index (κ3) is 4.97. The van der Waals surface area contributed by atoms with Gasteiger partial charge in [0.25, 0.3) is 11.8 Å². The Kier molecular flexibility index (Phi) is 8.44. The Balaban J connectivity index is 0.00000361. The second-order valence-corrected chi connectivity index (χ2v) is 9.45. The molecule has 14 nitrogen and oxygen atoms in total. The van der Waals surface area contributed by atoms with E-state index in [0.29, 0.717) is 5.57 Å². The zero-order valence-electron chi connectivity index (χ0n) is 18.8. The molecule has 17 heteroatoms. The number of aliphatic hydroxyl groups excluding tert-OH is 1. The van der Waals surface area contributed by atoms with Crippen molar-refractivity contribution in [2.75, 3.05) is 25.2 Å². The number of nitrogens with one attached hydrogen (secondary N) is 2. The Hall–Kier alpha value is -3.34.